The first-order valence-electron chi connectivity index (χ1n) is 6.38. The zero-order valence-electron chi connectivity index (χ0n) is 11.9. The fourth-order valence-electron chi connectivity index (χ4n) is 1.76. The first-order chi connectivity index (χ1) is 8.89. The molecule has 7 heteroatoms. The summed E-state index contributed by atoms with van der Waals surface area (Å²) in [4.78, 5) is 0. The molecule has 110 valence electrons. The molecule has 1 aliphatic rings. The van der Waals surface area contributed by atoms with Gasteiger partial charge in [-0.1, -0.05) is 0 Å². The molecule has 1 fully saturated rings. The summed E-state index contributed by atoms with van der Waals surface area (Å²) in [6, 6.07) is -0.294. The number of hydrogen-bond donors (Lipinski definition) is 2. The second kappa shape index (κ2) is 8.05. The van der Waals surface area contributed by atoms with E-state index in [4.69, 9.17) is 14.6 Å². The van der Waals surface area contributed by atoms with E-state index < -0.39 is 18.3 Å². The van der Waals surface area contributed by atoms with Gasteiger partial charge < -0.3 is 0 Å². The third-order valence-electron chi connectivity index (χ3n) is 2.55. The molecule has 2 N–H and O–H groups in total. The normalized spacial score (nSPS) is 31.9. The third-order valence-corrected chi connectivity index (χ3v) is 5.55. The molecular weight excluding hydrogens is 283 g/mol. The molecule has 0 amide bonds. The summed E-state index contributed by atoms with van der Waals surface area (Å²) in [5, 5.41) is 19.2. The summed E-state index contributed by atoms with van der Waals surface area (Å²) in [5.74, 6) is 2.35. The number of aliphatic hydroxyl groups excluding tert-OH is 2. The average molecular weight is 306 g/mol. The van der Waals surface area contributed by atoms with Gasteiger partial charge in [0.15, 0.2) is 0 Å². The van der Waals surface area contributed by atoms with E-state index in [1.54, 1.807) is 21.6 Å². The van der Waals surface area contributed by atoms with Gasteiger partial charge in [0, 0.05) is 0 Å². The Bertz CT molecular complexity index is 296. The fraction of sp³-hybridized carbons (Fsp3) is 0.917. The molecule has 1 rings (SSSR count). The van der Waals surface area contributed by atoms with Crippen LogP contribution in [0.5, 0.6) is 0 Å². The summed E-state index contributed by atoms with van der Waals surface area (Å²) in [6.07, 6.45) is -1.76. The van der Waals surface area contributed by atoms with Crippen molar-refractivity contribution in [2.75, 3.05) is 12.5 Å². The fourth-order valence-corrected chi connectivity index (χ4v) is 3.75. The van der Waals surface area contributed by atoms with Crippen LogP contribution < -0.4 is 0 Å². The summed E-state index contributed by atoms with van der Waals surface area (Å²) in [6.45, 7) is 9.97. The minimum absolute atomic E-state index is 0.176. The molecule has 4 atom stereocenters. The van der Waals surface area contributed by atoms with E-state index in [2.05, 4.69) is 20.8 Å². The third kappa shape index (κ3) is 5.77. The van der Waals surface area contributed by atoms with Gasteiger partial charge in [-0.15, -0.1) is 0 Å². The van der Waals surface area contributed by atoms with Gasteiger partial charge in [-0.2, -0.15) is 0 Å². The van der Waals surface area contributed by atoms with E-state index in [-0.39, 0.29) is 17.4 Å². The molecule has 2 unspecified atom stereocenters. The van der Waals surface area contributed by atoms with Crippen LogP contribution in [0.25, 0.3) is 0 Å². The summed E-state index contributed by atoms with van der Waals surface area (Å²) < 4.78 is 11.4. The van der Waals surface area contributed by atoms with E-state index in [9.17, 15) is 5.11 Å². The van der Waals surface area contributed by atoms with Gasteiger partial charge in [0.2, 0.25) is 0 Å². The first-order valence-corrected chi connectivity index (χ1v) is 8.70. The van der Waals surface area contributed by atoms with Crippen LogP contribution in [-0.2, 0) is 9.47 Å². The van der Waals surface area contributed by atoms with Gasteiger partial charge in [-0.25, -0.2) is 0 Å². The molecule has 19 heavy (non-hydrogen) atoms. The molecule has 0 aliphatic carbocycles. The van der Waals surface area contributed by atoms with Gasteiger partial charge in [0.05, 0.1) is 0 Å². The van der Waals surface area contributed by atoms with Crippen molar-refractivity contribution in [2.45, 2.75) is 56.8 Å². The molecular formula is C12H23BO4S2. The van der Waals surface area contributed by atoms with Crippen LogP contribution >= 0.6 is 21.6 Å². The van der Waals surface area contributed by atoms with E-state index in [0.717, 1.165) is 0 Å². The Morgan fingerprint density at radius 1 is 1.42 bits per heavy atom. The van der Waals surface area contributed by atoms with E-state index in [0.29, 0.717) is 5.94 Å². The Morgan fingerprint density at radius 3 is 2.63 bits per heavy atom. The van der Waals surface area contributed by atoms with Crippen molar-refractivity contribution in [3.05, 3.63) is 0 Å². The number of rotatable bonds is 6. The average Bonchev–Trinajstić information content (AvgIpc) is 2.61. The van der Waals surface area contributed by atoms with Gasteiger partial charge in [0.25, 0.3) is 0 Å². The minimum atomic E-state index is -0.786. The van der Waals surface area contributed by atoms with Crippen LogP contribution in [0.4, 0.5) is 0 Å². The van der Waals surface area contributed by atoms with Crippen molar-refractivity contribution < 1.29 is 19.7 Å². The second-order valence-corrected chi connectivity index (χ2v) is 8.47. The van der Waals surface area contributed by atoms with Crippen molar-refractivity contribution in [3.63, 3.8) is 0 Å². The van der Waals surface area contributed by atoms with Crippen LogP contribution in [0.15, 0.2) is 0 Å². The zero-order chi connectivity index (χ0) is 14.5. The van der Waals surface area contributed by atoms with E-state index in [1.807, 2.05) is 19.8 Å². The van der Waals surface area contributed by atoms with Crippen LogP contribution in [0, 0.1) is 0 Å². The Labute approximate surface area is 123 Å². The standard InChI is InChI=1S/C12H23BO4S2/c1-5-13-11-10(9(15)8(6-14)17-11)16-7-18-19-12(2,3)4/h5,8-11,14-15H,6-7H2,1-4H3/t8-,9?,10?,11-/m1/s1. The molecule has 1 aliphatic heterocycles. The Hall–Kier alpha value is 0.475. The topological polar surface area (TPSA) is 58.9 Å². The maximum absolute atomic E-state index is 10.0. The van der Waals surface area contributed by atoms with Crippen LogP contribution in [0.1, 0.15) is 27.7 Å². The molecule has 1 saturated heterocycles. The molecule has 0 saturated carbocycles. The molecule has 1 heterocycles. The molecule has 0 aromatic carbocycles. The Morgan fingerprint density at radius 2 is 2.11 bits per heavy atom. The zero-order valence-corrected chi connectivity index (χ0v) is 13.5. The predicted octanol–water partition coefficient (Wildman–Crippen LogP) is 1.11. The molecule has 0 aromatic rings. The maximum atomic E-state index is 10.0. The van der Waals surface area contributed by atoms with Crippen LogP contribution in [0.3, 0.4) is 0 Å². The molecule has 0 aromatic heterocycles. The van der Waals surface area contributed by atoms with Crippen LogP contribution in [0.2, 0.25) is 0 Å². The second-order valence-electron chi connectivity index (χ2n) is 5.40. The molecule has 0 bridgehead atoms. The van der Waals surface area contributed by atoms with Crippen molar-refractivity contribution in [1.82, 2.24) is 0 Å². The van der Waals surface area contributed by atoms with E-state index >= 15 is 0 Å². The first kappa shape index (κ1) is 17.5. The van der Waals surface area contributed by atoms with Gasteiger partial charge in [0.1, 0.15) is 0 Å². The monoisotopic (exact) mass is 306 g/mol. The van der Waals surface area contributed by atoms with Gasteiger partial charge in [-0.3, -0.25) is 0 Å². The summed E-state index contributed by atoms with van der Waals surface area (Å²) in [5.41, 5.74) is 0. The number of hydrogen-bond acceptors (Lipinski definition) is 6. The van der Waals surface area contributed by atoms with Crippen LogP contribution in [-0.4, -0.2) is 64.7 Å². The molecule has 0 radical (unpaired) electrons. The van der Waals surface area contributed by atoms with Crippen molar-refractivity contribution in [2.24, 2.45) is 0 Å². The van der Waals surface area contributed by atoms with Gasteiger partial charge >= 0.3 is 123 Å². The Kier molecular flexibility index (Phi) is 7.42. The SMILES string of the molecule is C/C=B\[C@@H]1O[C@H](CO)C(O)C1OCSSC(C)(C)C. The Balaban J connectivity index is 2.44. The van der Waals surface area contributed by atoms with Crippen molar-refractivity contribution in [3.8, 4) is 0 Å². The van der Waals surface area contributed by atoms with Crippen molar-refractivity contribution in [1.29, 1.82) is 0 Å². The number of ether oxygens (including phenoxy) is 2. The predicted molar refractivity (Wildman–Crippen MR) is 83.9 cm³/mol. The number of aliphatic hydroxyl groups is 2. The van der Waals surface area contributed by atoms with E-state index in [1.165, 1.54) is 0 Å². The molecule has 0 spiro atoms. The summed E-state index contributed by atoms with van der Waals surface area (Å²) in [7, 11) is 3.36. The van der Waals surface area contributed by atoms with Crippen molar-refractivity contribution >= 4 is 34.5 Å². The quantitative estimate of drug-likeness (QED) is 0.332. The van der Waals surface area contributed by atoms with Gasteiger partial charge in [-0.05, 0) is 0 Å². The molecule has 4 nitrogen and oxygen atoms in total. The summed E-state index contributed by atoms with van der Waals surface area (Å²) >= 11 is 0.